The molecule has 3 heteroatoms. The van der Waals surface area contributed by atoms with Crippen molar-refractivity contribution < 1.29 is 4.74 Å². The van der Waals surface area contributed by atoms with Crippen molar-refractivity contribution in [2.75, 3.05) is 11.9 Å². The van der Waals surface area contributed by atoms with Crippen molar-refractivity contribution in [3.8, 4) is 5.88 Å². The zero-order valence-electron chi connectivity index (χ0n) is 10.8. The first-order valence-corrected chi connectivity index (χ1v) is 6.64. The van der Waals surface area contributed by atoms with Gasteiger partial charge in [0.1, 0.15) is 0 Å². The number of anilines is 1. The van der Waals surface area contributed by atoms with Crippen molar-refractivity contribution in [1.82, 2.24) is 4.98 Å². The number of nitrogens with one attached hydrogen (secondary N) is 1. The van der Waals surface area contributed by atoms with Gasteiger partial charge in [0.25, 0.3) is 0 Å². The van der Waals surface area contributed by atoms with Gasteiger partial charge in [0.05, 0.1) is 12.3 Å². The molecule has 0 atom stereocenters. The Morgan fingerprint density at radius 2 is 2.12 bits per heavy atom. The SMILES string of the molecule is CCOc1ncccc1NC1CCC(C)CC1. The van der Waals surface area contributed by atoms with Gasteiger partial charge in [0.2, 0.25) is 5.88 Å². The van der Waals surface area contributed by atoms with E-state index in [1.807, 2.05) is 13.0 Å². The maximum absolute atomic E-state index is 5.53. The molecule has 94 valence electrons. The zero-order chi connectivity index (χ0) is 12.1. The first kappa shape index (κ1) is 12.2. The summed E-state index contributed by atoms with van der Waals surface area (Å²) < 4.78 is 5.53. The minimum Gasteiger partial charge on any atom is -0.476 e. The van der Waals surface area contributed by atoms with Gasteiger partial charge < -0.3 is 10.1 Å². The molecule has 1 aliphatic carbocycles. The van der Waals surface area contributed by atoms with Gasteiger partial charge in [-0.2, -0.15) is 0 Å². The first-order valence-electron chi connectivity index (χ1n) is 6.64. The number of ether oxygens (including phenoxy) is 1. The number of aromatic nitrogens is 1. The summed E-state index contributed by atoms with van der Waals surface area (Å²) in [5, 5.41) is 3.57. The van der Waals surface area contributed by atoms with Gasteiger partial charge in [0, 0.05) is 12.2 Å². The summed E-state index contributed by atoms with van der Waals surface area (Å²) in [6.07, 6.45) is 6.92. The molecule has 3 nitrogen and oxygen atoms in total. The maximum Gasteiger partial charge on any atom is 0.237 e. The van der Waals surface area contributed by atoms with Crippen LogP contribution in [0.25, 0.3) is 0 Å². The summed E-state index contributed by atoms with van der Waals surface area (Å²) in [5.74, 6) is 1.61. The lowest BCUT2D eigenvalue weighted by Gasteiger charge is -2.28. The Kier molecular flexibility index (Phi) is 4.24. The van der Waals surface area contributed by atoms with E-state index >= 15 is 0 Å². The van der Waals surface area contributed by atoms with Crippen LogP contribution in [-0.2, 0) is 0 Å². The second kappa shape index (κ2) is 5.89. The van der Waals surface area contributed by atoms with Crippen molar-refractivity contribution in [1.29, 1.82) is 0 Å². The minimum atomic E-state index is 0.578. The van der Waals surface area contributed by atoms with E-state index in [4.69, 9.17) is 4.74 Å². The second-order valence-electron chi connectivity index (χ2n) is 4.89. The topological polar surface area (TPSA) is 34.1 Å². The molecule has 1 aromatic rings. The van der Waals surface area contributed by atoms with E-state index in [0.717, 1.165) is 17.5 Å². The number of hydrogen-bond acceptors (Lipinski definition) is 3. The van der Waals surface area contributed by atoms with Gasteiger partial charge in [-0.05, 0) is 50.7 Å². The Labute approximate surface area is 104 Å². The lowest BCUT2D eigenvalue weighted by molar-refractivity contribution is 0.326. The van der Waals surface area contributed by atoms with Crippen molar-refractivity contribution >= 4 is 5.69 Å². The molecular formula is C14H22N2O. The Bertz CT molecular complexity index is 346. The third-order valence-electron chi connectivity index (χ3n) is 3.43. The van der Waals surface area contributed by atoms with Gasteiger partial charge >= 0.3 is 0 Å². The van der Waals surface area contributed by atoms with Gasteiger partial charge in [-0.15, -0.1) is 0 Å². The standard InChI is InChI=1S/C14H22N2O/c1-3-17-14-13(5-4-10-15-14)16-12-8-6-11(2)7-9-12/h4-5,10-12,16H,3,6-9H2,1-2H3. The van der Waals surface area contributed by atoms with Crippen molar-refractivity contribution in [3.05, 3.63) is 18.3 Å². The summed E-state index contributed by atoms with van der Waals surface area (Å²) in [4.78, 5) is 4.26. The van der Waals surface area contributed by atoms with Crippen LogP contribution in [0.2, 0.25) is 0 Å². The van der Waals surface area contributed by atoms with Crippen LogP contribution in [-0.4, -0.2) is 17.6 Å². The van der Waals surface area contributed by atoms with E-state index in [9.17, 15) is 0 Å². The van der Waals surface area contributed by atoms with Crippen LogP contribution < -0.4 is 10.1 Å². The summed E-state index contributed by atoms with van der Waals surface area (Å²) in [5.41, 5.74) is 1.04. The molecular weight excluding hydrogens is 212 g/mol. The Morgan fingerprint density at radius 3 is 2.82 bits per heavy atom. The highest BCUT2D eigenvalue weighted by atomic mass is 16.5. The molecule has 0 amide bonds. The fourth-order valence-corrected chi connectivity index (χ4v) is 2.38. The van der Waals surface area contributed by atoms with E-state index in [0.29, 0.717) is 12.6 Å². The van der Waals surface area contributed by atoms with Gasteiger partial charge in [-0.25, -0.2) is 4.98 Å². The number of rotatable bonds is 4. The molecule has 0 aliphatic heterocycles. The summed E-state index contributed by atoms with van der Waals surface area (Å²) in [7, 11) is 0. The molecule has 1 fully saturated rings. The normalized spacial score (nSPS) is 24.4. The molecule has 0 unspecified atom stereocenters. The van der Waals surface area contributed by atoms with E-state index in [-0.39, 0.29) is 0 Å². The van der Waals surface area contributed by atoms with Crippen LogP contribution in [0.5, 0.6) is 5.88 Å². The van der Waals surface area contributed by atoms with Crippen LogP contribution in [0.15, 0.2) is 18.3 Å². The fraction of sp³-hybridized carbons (Fsp3) is 0.643. The average molecular weight is 234 g/mol. The van der Waals surface area contributed by atoms with E-state index in [1.165, 1.54) is 25.7 Å². The molecule has 1 saturated carbocycles. The lowest BCUT2D eigenvalue weighted by Crippen LogP contribution is -2.25. The summed E-state index contributed by atoms with van der Waals surface area (Å²) >= 11 is 0. The predicted octanol–water partition coefficient (Wildman–Crippen LogP) is 3.47. The van der Waals surface area contributed by atoms with Crippen molar-refractivity contribution in [2.45, 2.75) is 45.6 Å². The van der Waals surface area contributed by atoms with Crippen molar-refractivity contribution in [3.63, 3.8) is 0 Å². The lowest BCUT2D eigenvalue weighted by atomic mass is 9.87. The highest BCUT2D eigenvalue weighted by molar-refractivity contribution is 5.52. The Balaban J connectivity index is 1.98. The van der Waals surface area contributed by atoms with Crippen LogP contribution in [0, 0.1) is 5.92 Å². The average Bonchev–Trinajstić information content (AvgIpc) is 2.35. The number of pyridine rings is 1. The largest absolute Gasteiger partial charge is 0.476 e. The predicted molar refractivity (Wildman–Crippen MR) is 70.4 cm³/mol. The summed E-state index contributed by atoms with van der Waals surface area (Å²) in [6.45, 7) is 4.99. The molecule has 1 N–H and O–H groups in total. The first-order chi connectivity index (χ1) is 8.29. The van der Waals surface area contributed by atoms with E-state index < -0.39 is 0 Å². The quantitative estimate of drug-likeness (QED) is 0.866. The molecule has 0 saturated heterocycles. The van der Waals surface area contributed by atoms with E-state index in [2.05, 4.69) is 23.3 Å². The molecule has 0 bridgehead atoms. The Hall–Kier alpha value is -1.25. The molecule has 0 spiro atoms. The molecule has 1 heterocycles. The molecule has 0 radical (unpaired) electrons. The summed E-state index contributed by atoms with van der Waals surface area (Å²) in [6, 6.07) is 4.58. The molecule has 1 aliphatic rings. The Morgan fingerprint density at radius 1 is 1.35 bits per heavy atom. The van der Waals surface area contributed by atoms with Crippen LogP contribution in [0.1, 0.15) is 39.5 Å². The molecule has 1 aromatic heterocycles. The van der Waals surface area contributed by atoms with Crippen LogP contribution in [0.3, 0.4) is 0 Å². The van der Waals surface area contributed by atoms with Gasteiger partial charge in [0.15, 0.2) is 0 Å². The highest BCUT2D eigenvalue weighted by Gasteiger charge is 2.19. The third-order valence-corrected chi connectivity index (χ3v) is 3.43. The highest BCUT2D eigenvalue weighted by Crippen LogP contribution is 2.28. The molecule has 2 rings (SSSR count). The zero-order valence-corrected chi connectivity index (χ0v) is 10.8. The number of nitrogens with zero attached hydrogens (tertiary/aromatic N) is 1. The monoisotopic (exact) mass is 234 g/mol. The van der Waals surface area contributed by atoms with Crippen LogP contribution in [0.4, 0.5) is 5.69 Å². The third kappa shape index (κ3) is 3.35. The maximum atomic E-state index is 5.53. The van der Waals surface area contributed by atoms with Gasteiger partial charge in [-0.1, -0.05) is 6.92 Å². The van der Waals surface area contributed by atoms with Crippen LogP contribution >= 0.6 is 0 Å². The fourth-order valence-electron chi connectivity index (χ4n) is 2.38. The van der Waals surface area contributed by atoms with E-state index in [1.54, 1.807) is 6.20 Å². The minimum absolute atomic E-state index is 0.578. The second-order valence-corrected chi connectivity index (χ2v) is 4.89. The molecule has 0 aromatic carbocycles. The molecule has 17 heavy (non-hydrogen) atoms. The van der Waals surface area contributed by atoms with Crippen molar-refractivity contribution in [2.24, 2.45) is 5.92 Å². The smallest absolute Gasteiger partial charge is 0.237 e. The number of hydrogen-bond donors (Lipinski definition) is 1. The van der Waals surface area contributed by atoms with Gasteiger partial charge in [-0.3, -0.25) is 0 Å².